The number of hydrogen-bond acceptors (Lipinski definition) is 2. The molecule has 1 fully saturated rings. The Bertz CT molecular complexity index is 393. The minimum atomic E-state index is -0.680. The predicted octanol–water partition coefficient (Wildman–Crippen LogP) is 2.81. The number of methoxy groups -OCH3 is 1. The molecule has 0 spiro atoms. The van der Waals surface area contributed by atoms with E-state index in [1.54, 1.807) is 13.2 Å². The topological polar surface area (TPSA) is 29.5 Å². The Hall–Kier alpha value is -0.640. The molecule has 1 aromatic rings. The first-order valence-corrected chi connectivity index (χ1v) is 6.14. The first-order valence-electron chi connectivity index (χ1n) is 5.76. The summed E-state index contributed by atoms with van der Waals surface area (Å²) in [4.78, 5) is 0. The Morgan fingerprint density at radius 2 is 2.24 bits per heavy atom. The maximum absolute atomic E-state index is 13.5. The third-order valence-electron chi connectivity index (χ3n) is 3.17. The molecular weight excluding hydrogens is 243 g/mol. The van der Waals surface area contributed by atoms with Crippen LogP contribution in [0.5, 0.6) is 0 Å². The van der Waals surface area contributed by atoms with Gasteiger partial charge in [0.15, 0.2) is 0 Å². The second kappa shape index (κ2) is 5.34. The molecular formula is C13H16ClFO2. The van der Waals surface area contributed by atoms with Crippen LogP contribution in [0.4, 0.5) is 4.39 Å². The second-order valence-electron chi connectivity index (χ2n) is 4.54. The third kappa shape index (κ3) is 3.18. The maximum Gasteiger partial charge on any atom is 0.126 e. The van der Waals surface area contributed by atoms with Crippen molar-refractivity contribution in [2.45, 2.75) is 31.5 Å². The normalized spacial score (nSPS) is 19.1. The number of aliphatic hydroxyl groups excluding tert-OH is 1. The van der Waals surface area contributed by atoms with Crippen molar-refractivity contribution in [3.05, 3.63) is 34.6 Å². The summed E-state index contributed by atoms with van der Waals surface area (Å²) in [5.41, 5.74) is 0.438. The lowest BCUT2D eigenvalue weighted by Gasteiger charge is -2.21. The Kier molecular flexibility index (Phi) is 4.02. The van der Waals surface area contributed by atoms with Gasteiger partial charge in [0.05, 0.1) is 12.2 Å². The fourth-order valence-corrected chi connectivity index (χ4v) is 2.32. The van der Waals surface area contributed by atoms with Gasteiger partial charge in [-0.15, -0.1) is 0 Å². The molecule has 4 heteroatoms. The zero-order valence-corrected chi connectivity index (χ0v) is 10.5. The Morgan fingerprint density at radius 3 is 2.82 bits per heavy atom. The van der Waals surface area contributed by atoms with E-state index in [4.69, 9.17) is 16.3 Å². The molecule has 1 N–H and O–H groups in total. The standard InChI is InChI=1S/C13H16ClFO2/c1-17-13(8-2-3-8)12(16)7-9-6-10(14)4-5-11(9)15/h4-6,8,12-13,16H,2-3,7H2,1H3. The first-order chi connectivity index (χ1) is 8.11. The Morgan fingerprint density at radius 1 is 1.53 bits per heavy atom. The molecule has 0 heterocycles. The summed E-state index contributed by atoms with van der Waals surface area (Å²) in [6.07, 6.45) is 1.51. The third-order valence-corrected chi connectivity index (χ3v) is 3.41. The fraction of sp³-hybridized carbons (Fsp3) is 0.538. The summed E-state index contributed by atoms with van der Waals surface area (Å²) in [6, 6.07) is 4.38. The average Bonchev–Trinajstić information content (AvgIpc) is 3.09. The summed E-state index contributed by atoms with van der Waals surface area (Å²) in [7, 11) is 1.58. The number of rotatable bonds is 5. The van der Waals surface area contributed by atoms with E-state index in [1.807, 2.05) is 0 Å². The highest BCUT2D eigenvalue weighted by Gasteiger charge is 2.36. The highest BCUT2D eigenvalue weighted by atomic mass is 35.5. The molecule has 0 saturated heterocycles. The van der Waals surface area contributed by atoms with Gasteiger partial charge in [-0.05, 0) is 42.5 Å². The first kappa shape index (κ1) is 12.8. The van der Waals surface area contributed by atoms with Crippen LogP contribution in [0.1, 0.15) is 18.4 Å². The minimum absolute atomic E-state index is 0.201. The van der Waals surface area contributed by atoms with Crippen molar-refractivity contribution in [2.75, 3.05) is 7.11 Å². The van der Waals surface area contributed by atoms with Gasteiger partial charge in [0.2, 0.25) is 0 Å². The lowest BCUT2D eigenvalue weighted by Crippen LogP contribution is -2.32. The van der Waals surface area contributed by atoms with Crippen molar-refractivity contribution in [2.24, 2.45) is 5.92 Å². The number of aliphatic hydroxyl groups is 1. The summed E-state index contributed by atoms with van der Waals surface area (Å²) in [5, 5.41) is 10.5. The molecule has 0 radical (unpaired) electrons. The summed E-state index contributed by atoms with van der Waals surface area (Å²) < 4.78 is 18.8. The summed E-state index contributed by atoms with van der Waals surface area (Å²) in [6.45, 7) is 0. The van der Waals surface area contributed by atoms with Crippen LogP contribution < -0.4 is 0 Å². The minimum Gasteiger partial charge on any atom is -0.390 e. The molecule has 2 nitrogen and oxygen atoms in total. The van der Waals surface area contributed by atoms with Gasteiger partial charge < -0.3 is 9.84 Å². The van der Waals surface area contributed by atoms with Crippen LogP contribution in [0.25, 0.3) is 0 Å². The van der Waals surface area contributed by atoms with Crippen molar-refractivity contribution in [3.63, 3.8) is 0 Å². The van der Waals surface area contributed by atoms with E-state index in [9.17, 15) is 9.50 Å². The Labute approximate surface area is 105 Å². The van der Waals surface area contributed by atoms with E-state index < -0.39 is 6.10 Å². The number of halogens is 2. The smallest absolute Gasteiger partial charge is 0.126 e. The quantitative estimate of drug-likeness (QED) is 0.880. The van der Waals surface area contributed by atoms with Gasteiger partial charge in [0.1, 0.15) is 5.82 Å². The molecule has 1 aromatic carbocycles. The lowest BCUT2D eigenvalue weighted by molar-refractivity contribution is -0.0240. The van der Waals surface area contributed by atoms with Crippen LogP contribution in [-0.2, 0) is 11.2 Å². The zero-order valence-electron chi connectivity index (χ0n) is 9.70. The summed E-state index contributed by atoms with van der Waals surface area (Å²) in [5.74, 6) is 0.0799. The van der Waals surface area contributed by atoms with Gasteiger partial charge in [0.25, 0.3) is 0 Å². The molecule has 1 aliphatic rings. The largest absolute Gasteiger partial charge is 0.390 e. The van der Waals surface area contributed by atoms with E-state index in [0.717, 1.165) is 12.8 Å². The van der Waals surface area contributed by atoms with Crippen molar-refractivity contribution in [3.8, 4) is 0 Å². The SMILES string of the molecule is COC(C(O)Cc1cc(Cl)ccc1F)C1CC1. The van der Waals surface area contributed by atoms with E-state index in [0.29, 0.717) is 16.5 Å². The van der Waals surface area contributed by atoms with Crippen LogP contribution in [0.2, 0.25) is 5.02 Å². The predicted molar refractivity (Wildman–Crippen MR) is 64.6 cm³/mol. The van der Waals surface area contributed by atoms with E-state index >= 15 is 0 Å². The van der Waals surface area contributed by atoms with Gasteiger partial charge in [-0.25, -0.2) is 4.39 Å². The van der Waals surface area contributed by atoms with E-state index in [1.165, 1.54) is 12.1 Å². The summed E-state index contributed by atoms with van der Waals surface area (Å²) >= 11 is 5.81. The van der Waals surface area contributed by atoms with Crippen LogP contribution >= 0.6 is 11.6 Å². The molecule has 2 atom stereocenters. The molecule has 2 unspecified atom stereocenters. The van der Waals surface area contributed by atoms with Crippen LogP contribution in [0, 0.1) is 11.7 Å². The fourth-order valence-electron chi connectivity index (χ4n) is 2.13. The van der Waals surface area contributed by atoms with Gasteiger partial charge >= 0.3 is 0 Å². The zero-order chi connectivity index (χ0) is 12.4. The Balaban J connectivity index is 2.05. The van der Waals surface area contributed by atoms with Crippen LogP contribution in [-0.4, -0.2) is 24.4 Å². The molecule has 2 rings (SSSR count). The molecule has 0 aliphatic heterocycles. The molecule has 0 amide bonds. The molecule has 1 saturated carbocycles. The lowest BCUT2D eigenvalue weighted by atomic mass is 10.0. The molecule has 0 aromatic heterocycles. The molecule has 1 aliphatic carbocycles. The number of ether oxygens (including phenoxy) is 1. The van der Waals surface area contributed by atoms with Gasteiger partial charge in [-0.2, -0.15) is 0 Å². The highest BCUT2D eigenvalue weighted by molar-refractivity contribution is 6.30. The highest BCUT2D eigenvalue weighted by Crippen LogP contribution is 2.36. The second-order valence-corrected chi connectivity index (χ2v) is 4.98. The molecule has 94 valence electrons. The van der Waals surface area contributed by atoms with Gasteiger partial charge in [-0.1, -0.05) is 11.6 Å². The average molecular weight is 259 g/mol. The van der Waals surface area contributed by atoms with Crippen LogP contribution in [0.15, 0.2) is 18.2 Å². The maximum atomic E-state index is 13.5. The van der Waals surface area contributed by atoms with Crippen LogP contribution in [0.3, 0.4) is 0 Å². The molecule has 0 bridgehead atoms. The number of benzene rings is 1. The monoisotopic (exact) mass is 258 g/mol. The van der Waals surface area contributed by atoms with Crippen molar-refractivity contribution in [1.82, 2.24) is 0 Å². The van der Waals surface area contributed by atoms with E-state index in [2.05, 4.69) is 0 Å². The van der Waals surface area contributed by atoms with Gasteiger partial charge in [-0.3, -0.25) is 0 Å². The molecule has 17 heavy (non-hydrogen) atoms. The van der Waals surface area contributed by atoms with Gasteiger partial charge in [0, 0.05) is 18.6 Å². The van der Waals surface area contributed by atoms with Crippen molar-refractivity contribution in [1.29, 1.82) is 0 Å². The van der Waals surface area contributed by atoms with Crippen molar-refractivity contribution >= 4 is 11.6 Å². The number of hydrogen-bond donors (Lipinski definition) is 1. The van der Waals surface area contributed by atoms with Crippen molar-refractivity contribution < 1.29 is 14.2 Å². The van der Waals surface area contributed by atoms with E-state index in [-0.39, 0.29) is 18.3 Å².